The maximum Gasteiger partial charge on any atom is 0.122 e. The van der Waals surface area contributed by atoms with Gasteiger partial charge in [0.15, 0.2) is 0 Å². The Kier molecular flexibility index (Phi) is 2.34. The zero-order valence-electron chi connectivity index (χ0n) is 5.57. The molecule has 52 valence electrons. The van der Waals surface area contributed by atoms with Crippen LogP contribution >= 0.6 is 12.2 Å². The van der Waals surface area contributed by atoms with E-state index in [2.05, 4.69) is 17.2 Å². The largest absolute Gasteiger partial charge is 0.497 e. The van der Waals surface area contributed by atoms with E-state index in [0.29, 0.717) is 0 Å². The summed E-state index contributed by atoms with van der Waals surface area (Å²) in [5.41, 5.74) is 0.759. The quantitative estimate of drug-likeness (QED) is 0.600. The molecule has 0 bridgehead atoms. The second-order valence-corrected chi connectivity index (χ2v) is 1.97. The summed E-state index contributed by atoms with van der Waals surface area (Å²) in [5.74, 6) is 0.783. The Morgan fingerprint density at radius 1 is 1.70 bits per heavy atom. The highest BCUT2D eigenvalue weighted by Crippen LogP contribution is 2.07. The standard InChI is InChI=1S/C7H7NOS/c1-9-7-2-3-8-6(4-7)5-10/h2-5H,1H3. The van der Waals surface area contributed by atoms with Crippen molar-refractivity contribution in [2.45, 2.75) is 0 Å². The van der Waals surface area contributed by atoms with Crippen LogP contribution in [-0.4, -0.2) is 17.5 Å². The van der Waals surface area contributed by atoms with Crippen LogP contribution in [0.1, 0.15) is 5.69 Å². The Morgan fingerprint density at radius 3 is 3.10 bits per heavy atom. The van der Waals surface area contributed by atoms with Gasteiger partial charge < -0.3 is 4.74 Å². The molecule has 1 rings (SSSR count). The van der Waals surface area contributed by atoms with Crippen LogP contribution in [0.3, 0.4) is 0 Å². The van der Waals surface area contributed by atoms with Crippen molar-refractivity contribution in [3.8, 4) is 5.75 Å². The monoisotopic (exact) mass is 153 g/mol. The fraction of sp³-hybridized carbons (Fsp3) is 0.143. The van der Waals surface area contributed by atoms with Crippen molar-refractivity contribution in [1.29, 1.82) is 0 Å². The van der Waals surface area contributed by atoms with E-state index in [9.17, 15) is 0 Å². The van der Waals surface area contributed by atoms with Gasteiger partial charge >= 0.3 is 0 Å². The summed E-state index contributed by atoms with van der Waals surface area (Å²) in [6, 6.07) is 3.56. The van der Waals surface area contributed by atoms with Gasteiger partial charge in [-0.1, -0.05) is 12.2 Å². The third-order valence-electron chi connectivity index (χ3n) is 1.11. The third kappa shape index (κ3) is 1.51. The molecule has 0 aliphatic heterocycles. The van der Waals surface area contributed by atoms with E-state index in [1.54, 1.807) is 25.4 Å². The van der Waals surface area contributed by atoms with Crippen molar-refractivity contribution in [1.82, 2.24) is 4.98 Å². The van der Waals surface area contributed by atoms with Crippen LogP contribution in [0.15, 0.2) is 18.3 Å². The number of hydrogen-bond acceptors (Lipinski definition) is 3. The number of hydrogen-bond donors (Lipinski definition) is 0. The first-order valence-electron chi connectivity index (χ1n) is 2.82. The number of methoxy groups -OCH3 is 1. The molecule has 0 saturated carbocycles. The lowest BCUT2D eigenvalue weighted by atomic mass is 10.4. The van der Waals surface area contributed by atoms with Gasteiger partial charge in [0, 0.05) is 17.6 Å². The first-order valence-corrected chi connectivity index (χ1v) is 3.29. The van der Waals surface area contributed by atoms with Gasteiger partial charge in [-0.25, -0.2) is 0 Å². The summed E-state index contributed by atoms with van der Waals surface area (Å²) >= 11 is 4.68. The van der Waals surface area contributed by atoms with Crippen LogP contribution < -0.4 is 4.74 Å². The highest BCUT2D eigenvalue weighted by molar-refractivity contribution is 7.79. The number of nitrogens with zero attached hydrogens (tertiary/aromatic N) is 1. The molecule has 10 heavy (non-hydrogen) atoms. The lowest BCUT2D eigenvalue weighted by Gasteiger charge is -1.97. The van der Waals surface area contributed by atoms with E-state index in [0.717, 1.165) is 11.4 Å². The van der Waals surface area contributed by atoms with Crippen molar-refractivity contribution >= 4 is 17.6 Å². The summed E-state index contributed by atoms with van der Waals surface area (Å²) in [7, 11) is 1.61. The molecular formula is C7H7NOS. The summed E-state index contributed by atoms with van der Waals surface area (Å²) in [5, 5.41) is 1.52. The molecule has 0 N–H and O–H groups in total. The van der Waals surface area contributed by atoms with Crippen molar-refractivity contribution in [2.24, 2.45) is 0 Å². The van der Waals surface area contributed by atoms with Crippen LogP contribution in [0, 0.1) is 0 Å². The van der Waals surface area contributed by atoms with Gasteiger partial charge in [0.1, 0.15) is 5.75 Å². The molecule has 1 heterocycles. The molecule has 1 aromatic heterocycles. The van der Waals surface area contributed by atoms with Gasteiger partial charge in [-0.05, 0) is 6.07 Å². The number of rotatable bonds is 2. The number of thiocarbonyl (C=S) groups is 1. The number of pyridine rings is 1. The average Bonchev–Trinajstić information content (AvgIpc) is 2.05. The Balaban J connectivity index is 2.98. The number of aromatic nitrogens is 1. The zero-order valence-corrected chi connectivity index (χ0v) is 6.39. The minimum atomic E-state index is 0.759. The first kappa shape index (κ1) is 7.15. The molecule has 0 aromatic carbocycles. The summed E-state index contributed by atoms with van der Waals surface area (Å²) in [6.07, 6.45) is 1.66. The van der Waals surface area contributed by atoms with Crippen LogP contribution in [-0.2, 0) is 0 Å². The Bertz CT molecular complexity index is 237. The molecular weight excluding hydrogens is 146 g/mol. The molecule has 0 unspecified atom stereocenters. The molecule has 3 heteroatoms. The fourth-order valence-electron chi connectivity index (χ4n) is 0.619. The van der Waals surface area contributed by atoms with Crippen LogP contribution in [0.5, 0.6) is 5.75 Å². The number of ether oxygens (including phenoxy) is 1. The zero-order chi connectivity index (χ0) is 7.40. The highest BCUT2D eigenvalue weighted by Gasteiger charge is 1.90. The summed E-state index contributed by atoms with van der Waals surface area (Å²) in [6.45, 7) is 0. The molecule has 2 nitrogen and oxygen atoms in total. The second-order valence-electron chi connectivity index (χ2n) is 1.74. The average molecular weight is 153 g/mol. The van der Waals surface area contributed by atoms with E-state index >= 15 is 0 Å². The van der Waals surface area contributed by atoms with Gasteiger partial charge in [0.2, 0.25) is 0 Å². The topological polar surface area (TPSA) is 22.1 Å². The molecule has 0 radical (unpaired) electrons. The molecule has 0 saturated heterocycles. The maximum atomic E-state index is 4.95. The van der Waals surface area contributed by atoms with E-state index in [4.69, 9.17) is 4.74 Å². The van der Waals surface area contributed by atoms with Crippen LogP contribution in [0.4, 0.5) is 0 Å². The minimum Gasteiger partial charge on any atom is -0.497 e. The molecule has 0 fully saturated rings. The van der Waals surface area contributed by atoms with Crippen LogP contribution in [0.25, 0.3) is 0 Å². The Hall–Kier alpha value is -0.960. The molecule has 0 atom stereocenters. The predicted molar refractivity (Wildman–Crippen MR) is 43.5 cm³/mol. The molecule has 0 aliphatic carbocycles. The van der Waals surface area contributed by atoms with Crippen molar-refractivity contribution in [3.63, 3.8) is 0 Å². The Labute approximate surface area is 64.9 Å². The SMILES string of the molecule is COc1ccnc(C=S)c1. The predicted octanol–water partition coefficient (Wildman–Crippen LogP) is 1.44. The lowest BCUT2D eigenvalue weighted by Crippen LogP contribution is -1.87. The van der Waals surface area contributed by atoms with Gasteiger partial charge in [-0.2, -0.15) is 0 Å². The minimum absolute atomic E-state index is 0.759. The summed E-state index contributed by atoms with van der Waals surface area (Å²) < 4.78 is 4.95. The molecule has 0 amide bonds. The smallest absolute Gasteiger partial charge is 0.122 e. The second kappa shape index (κ2) is 3.27. The van der Waals surface area contributed by atoms with E-state index < -0.39 is 0 Å². The highest BCUT2D eigenvalue weighted by atomic mass is 32.1. The lowest BCUT2D eigenvalue weighted by molar-refractivity contribution is 0.414. The molecule has 0 spiro atoms. The first-order chi connectivity index (χ1) is 4.86. The van der Waals surface area contributed by atoms with Gasteiger partial charge in [-0.3, -0.25) is 4.98 Å². The van der Waals surface area contributed by atoms with E-state index in [-0.39, 0.29) is 0 Å². The van der Waals surface area contributed by atoms with Crippen LogP contribution in [0.2, 0.25) is 0 Å². The van der Waals surface area contributed by atoms with E-state index in [1.165, 1.54) is 5.37 Å². The normalized spacial score (nSPS) is 8.90. The summed E-state index contributed by atoms with van der Waals surface area (Å²) in [4.78, 5) is 3.97. The van der Waals surface area contributed by atoms with E-state index in [1.807, 2.05) is 0 Å². The molecule has 0 aliphatic rings. The maximum absolute atomic E-state index is 4.95. The van der Waals surface area contributed by atoms with Gasteiger partial charge in [-0.15, -0.1) is 0 Å². The van der Waals surface area contributed by atoms with Crippen molar-refractivity contribution in [2.75, 3.05) is 7.11 Å². The van der Waals surface area contributed by atoms with Crippen molar-refractivity contribution in [3.05, 3.63) is 24.0 Å². The van der Waals surface area contributed by atoms with Gasteiger partial charge in [0.25, 0.3) is 0 Å². The van der Waals surface area contributed by atoms with Crippen molar-refractivity contribution < 1.29 is 4.74 Å². The third-order valence-corrected chi connectivity index (χ3v) is 1.35. The Morgan fingerprint density at radius 2 is 2.50 bits per heavy atom. The van der Waals surface area contributed by atoms with Gasteiger partial charge in [0.05, 0.1) is 12.8 Å². The molecule has 1 aromatic rings. The fourth-order valence-corrected chi connectivity index (χ4v) is 0.748.